The normalized spacial score (nSPS) is 20.4. The quantitative estimate of drug-likeness (QED) is 0.784. The first-order chi connectivity index (χ1) is 9.11. The minimum atomic E-state index is 0.616. The highest BCUT2D eigenvalue weighted by atomic mass is 35.5. The van der Waals surface area contributed by atoms with Crippen LogP contribution in [0.5, 0.6) is 0 Å². The van der Waals surface area contributed by atoms with E-state index in [1.54, 1.807) is 0 Å². The van der Waals surface area contributed by atoms with Crippen molar-refractivity contribution >= 4 is 17.4 Å². The Bertz CT molecular complexity index is 434. The van der Waals surface area contributed by atoms with Gasteiger partial charge in [0.15, 0.2) is 0 Å². The van der Waals surface area contributed by atoms with E-state index >= 15 is 0 Å². The van der Waals surface area contributed by atoms with Crippen molar-refractivity contribution in [1.82, 2.24) is 9.97 Å². The summed E-state index contributed by atoms with van der Waals surface area (Å²) in [5.74, 6) is 2.75. The van der Waals surface area contributed by atoms with E-state index in [0.29, 0.717) is 5.15 Å². The number of aromatic nitrogens is 2. The monoisotopic (exact) mass is 281 g/mol. The lowest BCUT2D eigenvalue weighted by molar-refractivity contribution is 0.521. The van der Waals surface area contributed by atoms with E-state index in [1.807, 2.05) is 6.92 Å². The molecule has 0 aromatic carbocycles. The van der Waals surface area contributed by atoms with E-state index in [9.17, 15) is 0 Å². The topological polar surface area (TPSA) is 29.0 Å². The number of aryl methyl sites for hydroxylation is 1. The van der Waals surface area contributed by atoms with Gasteiger partial charge in [-0.1, -0.05) is 25.4 Å². The van der Waals surface area contributed by atoms with Crippen LogP contribution in [-0.4, -0.2) is 23.1 Å². The van der Waals surface area contributed by atoms with Crippen LogP contribution in [-0.2, 0) is 6.42 Å². The van der Waals surface area contributed by atoms with Crippen molar-refractivity contribution in [2.75, 3.05) is 18.0 Å². The lowest BCUT2D eigenvalue weighted by Crippen LogP contribution is -2.26. The first kappa shape index (κ1) is 14.6. The van der Waals surface area contributed by atoms with Crippen LogP contribution in [0.3, 0.4) is 0 Å². The summed E-state index contributed by atoms with van der Waals surface area (Å²) in [6.45, 7) is 8.68. The first-order valence-electron chi connectivity index (χ1n) is 7.39. The van der Waals surface area contributed by atoms with Crippen LogP contribution in [0.2, 0.25) is 5.15 Å². The minimum absolute atomic E-state index is 0.616. The fourth-order valence-corrected chi connectivity index (χ4v) is 2.82. The van der Waals surface area contributed by atoms with Crippen LogP contribution in [0.1, 0.15) is 50.9 Å². The summed E-state index contributed by atoms with van der Waals surface area (Å²) in [5, 5.41) is 0.616. The highest BCUT2D eigenvalue weighted by Gasteiger charge is 2.19. The molecule has 1 saturated heterocycles. The molecule has 4 heteroatoms. The van der Waals surface area contributed by atoms with Crippen LogP contribution < -0.4 is 4.90 Å². The van der Waals surface area contributed by atoms with Gasteiger partial charge >= 0.3 is 0 Å². The van der Waals surface area contributed by atoms with E-state index in [4.69, 9.17) is 16.6 Å². The molecule has 2 heterocycles. The predicted octanol–water partition coefficient (Wildman–Crippen LogP) is 4.02. The Balaban J connectivity index is 2.26. The molecular weight excluding hydrogens is 258 g/mol. The molecule has 1 fully saturated rings. The van der Waals surface area contributed by atoms with E-state index in [2.05, 4.69) is 23.7 Å². The maximum Gasteiger partial charge on any atom is 0.137 e. The van der Waals surface area contributed by atoms with Gasteiger partial charge in [-0.15, -0.1) is 0 Å². The summed E-state index contributed by atoms with van der Waals surface area (Å²) >= 11 is 6.27. The molecule has 1 aliphatic rings. The van der Waals surface area contributed by atoms with Crippen molar-refractivity contribution in [1.29, 1.82) is 0 Å². The zero-order chi connectivity index (χ0) is 13.8. The minimum Gasteiger partial charge on any atom is -0.356 e. The number of halogens is 1. The summed E-state index contributed by atoms with van der Waals surface area (Å²) in [4.78, 5) is 11.5. The van der Waals surface area contributed by atoms with Gasteiger partial charge in [-0.25, -0.2) is 9.97 Å². The van der Waals surface area contributed by atoms with Gasteiger partial charge in [0.2, 0.25) is 0 Å². The Kier molecular flexibility index (Phi) is 5.03. The summed E-state index contributed by atoms with van der Waals surface area (Å²) in [7, 11) is 0. The van der Waals surface area contributed by atoms with Gasteiger partial charge in [-0.2, -0.15) is 0 Å². The van der Waals surface area contributed by atoms with Crippen molar-refractivity contribution < 1.29 is 0 Å². The number of rotatable bonds is 3. The molecule has 0 amide bonds. The molecule has 1 aromatic heterocycles. The predicted molar refractivity (Wildman–Crippen MR) is 81.0 cm³/mol. The Morgan fingerprint density at radius 1 is 1.26 bits per heavy atom. The zero-order valence-electron chi connectivity index (χ0n) is 12.2. The van der Waals surface area contributed by atoms with E-state index in [1.165, 1.54) is 19.3 Å². The third-order valence-corrected chi connectivity index (χ3v) is 4.26. The zero-order valence-corrected chi connectivity index (χ0v) is 13.0. The van der Waals surface area contributed by atoms with Crippen molar-refractivity contribution in [3.05, 3.63) is 16.5 Å². The van der Waals surface area contributed by atoms with Crippen molar-refractivity contribution in [3.8, 4) is 0 Å². The van der Waals surface area contributed by atoms with Gasteiger partial charge in [-0.05, 0) is 38.5 Å². The second kappa shape index (κ2) is 6.56. The standard InChI is InChI=1S/C15H24ClN3/c1-4-6-13-17-14(16)12(3)15(18-13)19-9-5-7-11(2)8-10-19/h11H,4-10H2,1-3H3. The Morgan fingerprint density at radius 2 is 2.05 bits per heavy atom. The molecule has 3 nitrogen and oxygen atoms in total. The van der Waals surface area contributed by atoms with Gasteiger partial charge in [0.1, 0.15) is 16.8 Å². The molecule has 106 valence electrons. The van der Waals surface area contributed by atoms with Gasteiger partial charge in [-0.3, -0.25) is 0 Å². The molecule has 1 atom stereocenters. The smallest absolute Gasteiger partial charge is 0.137 e. The van der Waals surface area contributed by atoms with Crippen molar-refractivity contribution in [2.45, 2.75) is 52.9 Å². The largest absolute Gasteiger partial charge is 0.356 e. The Hall–Kier alpha value is -0.830. The molecule has 1 aliphatic heterocycles. The highest BCUT2D eigenvalue weighted by Crippen LogP contribution is 2.27. The molecule has 0 radical (unpaired) electrons. The highest BCUT2D eigenvalue weighted by molar-refractivity contribution is 6.30. The maximum atomic E-state index is 6.27. The van der Waals surface area contributed by atoms with Gasteiger partial charge in [0.25, 0.3) is 0 Å². The molecule has 0 aliphatic carbocycles. The number of hydrogen-bond acceptors (Lipinski definition) is 3. The molecule has 0 spiro atoms. The van der Waals surface area contributed by atoms with E-state index in [0.717, 1.165) is 49.1 Å². The molecule has 0 saturated carbocycles. The molecular formula is C15H24ClN3. The Labute approximate surface area is 121 Å². The Morgan fingerprint density at radius 3 is 2.79 bits per heavy atom. The van der Waals surface area contributed by atoms with Crippen LogP contribution >= 0.6 is 11.6 Å². The van der Waals surface area contributed by atoms with E-state index in [-0.39, 0.29) is 0 Å². The second-order valence-corrected chi connectivity index (χ2v) is 6.01. The lowest BCUT2D eigenvalue weighted by Gasteiger charge is -2.24. The number of nitrogens with zero attached hydrogens (tertiary/aromatic N) is 3. The average Bonchev–Trinajstić information content (AvgIpc) is 2.59. The van der Waals surface area contributed by atoms with Gasteiger partial charge in [0.05, 0.1) is 0 Å². The van der Waals surface area contributed by atoms with Crippen LogP contribution in [0.4, 0.5) is 5.82 Å². The summed E-state index contributed by atoms with van der Waals surface area (Å²) in [6, 6.07) is 0. The average molecular weight is 282 g/mol. The summed E-state index contributed by atoms with van der Waals surface area (Å²) in [6.07, 6.45) is 5.75. The fraction of sp³-hybridized carbons (Fsp3) is 0.733. The van der Waals surface area contributed by atoms with Crippen LogP contribution in [0, 0.1) is 12.8 Å². The third kappa shape index (κ3) is 3.59. The molecule has 1 aromatic rings. The molecule has 19 heavy (non-hydrogen) atoms. The molecule has 2 rings (SSSR count). The fourth-order valence-electron chi connectivity index (χ4n) is 2.64. The summed E-state index contributed by atoms with van der Waals surface area (Å²) < 4.78 is 0. The third-order valence-electron chi connectivity index (χ3n) is 3.90. The maximum absolute atomic E-state index is 6.27. The lowest BCUT2D eigenvalue weighted by atomic mass is 10.0. The van der Waals surface area contributed by atoms with Crippen LogP contribution in [0.25, 0.3) is 0 Å². The van der Waals surface area contributed by atoms with E-state index < -0.39 is 0 Å². The van der Waals surface area contributed by atoms with Gasteiger partial charge < -0.3 is 4.90 Å². The second-order valence-electron chi connectivity index (χ2n) is 5.65. The SMILES string of the molecule is CCCc1nc(Cl)c(C)c(N2CCCC(C)CC2)n1. The van der Waals surface area contributed by atoms with Gasteiger partial charge in [0, 0.05) is 25.1 Å². The number of anilines is 1. The molecule has 1 unspecified atom stereocenters. The first-order valence-corrected chi connectivity index (χ1v) is 7.77. The van der Waals surface area contributed by atoms with Crippen LogP contribution in [0.15, 0.2) is 0 Å². The van der Waals surface area contributed by atoms with Crippen molar-refractivity contribution in [3.63, 3.8) is 0 Å². The molecule has 0 N–H and O–H groups in total. The van der Waals surface area contributed by atoms with Crippen molar-refractivity contribution in [2.24, 2.45) is 5.92 Å². The number of hydrogen-bond donors (Lipinski definition) is 0. The summed E-state index contributed by atoms with van der Waals surface area (Å²) in [5.41, 5.74) is 1.02. The molecule has 0 bridgehead atoms.